The van der Waals surface area contributed by atoms with Gasteiger partial charge in [-0.2, -0.15) is 0 Å². The molecule has 3 heterocycles. The quantitative estimate of drug-likeness (QED) is 0.571. The Balaban J connectivity index is 1.55. The van der Waals surface area contributed by atoms with Crippen molar-refractivity contribution in [1.82, 2.24) is 19.8 Å². The number of amides is 2. The Kier molecular flexibility index (Phi) is 7.11. The van der Waals surface area contributed by atoms with Crippen molar-refractivity contribution < 1.29 is 14.3 Å². The molecule has 32 heavy (non-hydrogen) atoms. The molecule has 0 aliphatic carbocycles. The van der Waals surface area contributed by atoms with Crippen LogP contribution in [-0.4, -0.2) is 57.8 Å². The summed E-state index contributed by atoms with van der Waals surface area (Å²) in [4.78, 5) is 38.1. The first-order valence-electron chi connectivity index (χ1n) is 10.8. The Labute approximate surface area is 191 Å². The molecule has 1 aromatic carbocycles. The lowest BCUT2D eigenvalue weighted by Gasteiger charge is -2.28. The first-order valence-corrected chi connectivity index (χ1v) is 11.6. The number of carbonyl (C=O) groups is 2. The highest BCUT2D eigenvalue weighted by Gasteiger charge is 2.32. The number of rotatable bonds is 6. The second-order valence-corrected chi connectivity index (χ2v) is 8.42. The molecule has 7 nitrogen and oxygen atoms in total. The van der Waals surface area contributed by atoms with Crippen LogP contribution in [0.5, 0.6) is 5.75 Å². The van der Waals surface area contributed by atoms with Crippen LogP contribution >= 0.6 is 11.3 Å². The zero-order valence-corrected chi connectivity index (χ0v) is 18.8. The number of hydrogen-bond donors (Lipinski definition) is 0. The van der Waals surface area contributed by atoms with Crippen LogP contribution < -0.4 is 4.74 Å². The number of hydrogen-bond acceptors (Lipinski definition) is 6. The highest BCUT2D eigenvalue weighted by Crippen LogP contribution is 2.32. The lowest BCUT2D eigenvalue weighted by Crippen LogP contribution is -2.40. The largest absolute Gasteiger partial charge is 0.484 e. The van der Waals surface area contributed by atoms with E-state index in [1.54, 1.807) is 23.7 Å². The number of pyridine rings is 1. The van der Waals surface area contributed by atoms with E-state index in [4.69, 9.17) is 9.72 Å². The second-order valence-electron chi connectivity index (χ2n) is 7.53. The van der Waals surface area contributed by atoms with Crippen LogP contribution in [0, 0.1) is 0 Å². The number of para-hydroxylation sites is 1. The number of ether oxygens (including phenoxy) is 1. The van der Waals surface area contributed by atoms with Crippen molar-refractivity contribution in [3.63, 3.8) is 0 Å². The molecule has 0 saturated carbocycles. The normalized spacial score (nSPS) is 16.5. The van der Waals surface area contributed by atoms with E-state index < -0.39 is 0 Å². The fraction of sp³-hybridized carbons (Fsp3) is 0.333. The summed E-state index contributed by atoms with van der Waals surface area (Å²) in [6, 6.07) is 13.0. The van der Waals surface area contributed by atoms with Crippen molar-refractivity contribution >= 4 is 23.2 Å². The van der Waals surface area contributed by atoms with Gasteiger partial charge in [0.05, 0.1) is 11.7 Å². The van der Waals surface area contributed by atoms with E-state index in [-0.39, 0.29) is 24.5 Å². The summed E-state index contributed by atoms with van der Waals surface area (Å²) in [6.45, 7) is 3.39. The van der Waals surface area contributed by atoms with E-state index in [1.807, 2.05) is 64.6 Å². The van der Waals surface area contributed by atoms with Crippen LogP contribution in [0.3, 0.4) is 0 Å². The van der Waals surface area contributed by atoms with Gasteiger partial charge < -0.3 is 14.5 Å². The number of aromatic nitrogens is 2. The summed E-state index contributed by atoms with van der Waals surface area (Å²) in [5, 5.41) is 2.88. The fourth-order valence-corrected chi connectivity index (χ4v) is 4.77. The summed E-state index contributed by atoms with van der Waals surface area (Å²) in [7, 11) is 0. The molecule has 1 aliphatic rings. The Morgan fingerprint density at radius 1 is 1.06 bits per heavy atom. The van der Waals surface area contributed by atoms with E-state index in [9.17, 15) is 9.59 Å². The molecule has 1 aliphatic heterocycles. The maximum atomic E-state index is 13.2. The molecule has 0 bridgehead atoms. The third-order valence-electron chi connectivity index (χ3n) is 5.52. The lowest BCUT2D eigenvalue weighted by molar-refractivity contribution is -0.136. The van der Waals surface area contributed by atoms with Gasteiger partial charge in [0, 0.05) is 49.4 Å². The molecule has 8 heteroatoms. The van der Waals surface area contributed by atoms with Gasteiger partial charge in [0.1, 0.15) is 10.8 Å². The first kappa shape index (κ1) is 22.0. The minimum atomic E-state index is -0.197. The molecular formula is C24H26N4O3S. The molecule has 1 atom stereocenters. The van der Waals surface area contributed by atoms with E-state index >= 15 is 0 Å². The van der Waals surface area contributed by atoms with Crippen LogP contribution in [0.1, 0.15) is 30.8 Å². The Morgan fingerprint density at radius 3 is 2.59 bits per heavy atom. The van der Waals surface area contributed by atoms with Crippen molar-refractivity contribution in [1.29, 1.82) is 0 Å². The van der Waals surface area contributed by atoms with Crippen molar-refractivity contribution in [3.8, 4) is 17.0 Å². The van der Waals surface area contributed by atoms with Crippen LogP contribution in [-0.2, 0) is 9.59 Å². The van der Waals surface area contributed by atoms with Gasteiger partial charge in [-0.25, -0.2) is 4.98 Å². The average molecular weight is 451 g/mol. The molecule has 0 radical (unpaired) electrons. The van der Waals surface area contributed by atoms with Crippen LogP contribution in [0.2, 0.25) is 0 Å². The Hall–Kier alpha value is -3.26. The first-order chi connectivity index (χ1) is 15.7. The van der Waals surface area contributed by atoms with E-state index in [2.05, 4.69) is 4.98 Å². The predicted molar refractivity (Wildman–Crippen MR) is 123 cm³/mol. The molecule has 166 valence electrons. The van der Waals surface area contributed by atoms with Crippen LogP contribution in [0.25, 0.3) is 11.3 Å². The molecule has 2 aromatic heterocycles. The highest BCUT2D eigenvalue weighted by molar-refractivity contribution is 7.10. The highest BCUT2D eigenvalue weighted by atomic mass is 32.1. The molecule has 1 fully saturated rings. The van der Waals surface area contributed by atoms with Gasteiger partial charge >= 0.3 is 0 Å². The fourth-order valence-electron chi connectivity index (χ4n) is 3.80. The van der Waals surface area contributed by atoms with E-state index in [0.29, 0.717) is 38.2 Å². The van der Waals surface area contributed by atoms with Crippen LogP contribution in [0.4, 0.5) is 0 Å². The minimum Gasteiger partial charge on any atom is -0.484 e. The number of nitrogens with zero attached hydrogens (tertiary/aromatic N) is 4. The van der Waals surface area contributed by atoms with Crippen molar-refractivity contribution in [2.45, 2.75) is 25.8 Å². The van der Waals surface area contributed by atoms with Gasteiger partial charge in [-0.3, -0.25) is 14.6 Å². The molecule has 1 unspecified atom stereocenters. The molecule has 2 amide bonds. The Morgan fingerprint density at radius 2 is 1.84 bits per heavy atom. The summed E-state index contributed by atoms with van der Waals surface area (Å²) in [5.74, 6) is 0.657. The van der Waals surface area contributed by atoms with E-state index in [1.165, 1.54) is 0 Å². The number of benzene rings is 1. The van der Waals surface area contributed by atoms with Crippen molar-refractivity contribution in [2.75, 3.05) is 26.2 Å². The van der Waals surface area contributed by atoms with Gasteiger partial charge in [-0.1, -0.05) is 25.1 Å². The third-order valence-corrected chi connectivity index (χ3v) is 6.47. The van der Waals surface area contributed by atoms with Crippen molar-refractivity contribution in [3.05, 3.63) is 65.2 Å². The zero-order valence-electron chi connectivity index (χ0n) is 18.0. The SMILES string of the molecule is CCC(=O)N1CCC(c2nc(-c3ccncc3)cs2)N(C(=O)COc2ccccc2)CC1. The van der Waals surface area contributed by atoms with Crippen molar-refractivity contribution in [2.24, 2.45) is 0 Å². The smallest absolute Gasteiger partial charge is 0.261 e. The van der Waals surface area contributed by atoms with E-state index in [0.717, 1.165) is 16.3 Å². The second kappa shape index (κ2) is 10.4. The van der Waals surface area contributed by atoms with Gasteiger partial charge in [-0.15, -0.1) is 11.3 Å². The Bertz CT molecular complexity index is 1040. The maximum Gasteiger partial charge on any atom is 0.261 e. The molecule has 1 saturated heterocycles. The summed E-state index contributed by atoms with van der Waals surface area (Å²) < 4.78 is 5.72. The molecule has 4 rings (SSSR count). The molecule has 0 N–H and O–H groups in total. The predicted octanol–water partition coefficient (Wildman–Crippen LogP) is 3.80. The molecule has 3 aromatic rings. The van der Waals surface area contributed by atoms with Crippen LogP contribution in [0.15, 0.2) is 60.2 Å². The molecular weight excluding hydrogens is 424 g/mol. The zero-order chi connectivity index (χ0) is 22.3. The number of thiazole rings is 1. The topological polar surface area (TPSA) is 75.6 Å². The number of carbonyl (C=O) groups excluding carboxylic acids is 2. The molecule has 0 spiro atoms. The third kappa shape index (κ3) is 5.13. The van der Waals surface area contributed by atoms with Gasteiger partial charge in [-0.05, 0) is 30.7 Å². The summed E-state index contributed by atoms with van der Waals surface area (Å²) >= 11 is 1.54. The minimum absolute atomic E-state index is 0.0508. The lowest BCUT2D eigenvalue weighted by atomic mass is 10.1. The summed E-state index contributed by atoms with van der Waals surface area (Å²) in [6.07, 6.45) is 4.58. The van der Waals surface area contributed by atoms with Gasteiger partial charge in [0.25, 0.3) is 5.91 Å². The standard InChI is InChI=1S/C24H26N4O3S/c1-2-22(29)27-13-10-21(24-26-20(17-32-24)18-8-11-25-12-9-18)28(15-14-27)23(30)16-31-19-6-4-3-5-7-19/h3-9,11-12,17,21H,2,10,13-16H2,1H3. The summed E-state index contributed by atoms with van der Waals surface area (Å²) in [5.41, 5.74) is 1.86. The monoisotopic (exact) mass is 450 g/mol. The average Bonchev–Trinajstić information content (AvgIpc) is 3.23. The van der Waals surface area contributed by atoms with Gasteiger partial charge in [0.2, 0.25) is 5.91 Å². The van der Waals surface area contributed by atoms with Gasteiger partial charge in [0.15, 0.2) is 6.61 Å². The maximum absolute atomic E-state index is 13.2.